The van der Waals surface area contributed by atoms with Gasteiger partial charge in [0, 0.05) is 42.7 Å². The van der Waals surface area contributed by atoms with E-state index in [4.69, 9.17) is 11.6 Å². The molecule has 4 rings (SSSR count). The first kappa shape index (κ1) is 19.3. The van der Waals surface area contributed by atoms with Gasteiger partial charge in [-0.05, 0) is 55.3 Å². The normalized spacial score (nSPS) is 14.6. The van der Waals surface area contributed by atoms with Gasteiger partial charge >= 0.3 is 0 Å². The van der Waals surface area contributed by atoms with Crippen LogP contribution in [0.3, 0.4) is 0 Å². The summed E-state index contributed by atoms with van der Waals surface area (Å²) in [6, 6.07) is 11.8. The molecule has 0 aliphatic carbocycles. The van der Waals surface area contributed by atoms with E-state index in [0.29, 0.717) is 31.6 Å². The zero-order chi connectivity index (χ0) is 20.2. The van der Waals surface area contributed by atoms with Gasteiger partial charge in [-0.3, -0.25) is 9.78 Å². The smallest absolute Gasteiger partial charge is 0.227 e. The summed E-state index contributed by atoms with van der Waals surface area (Å²) in [7, 11) is 0. The largest absolute Gasteiger partial charge is 0.355 e. The average molecular weight is 412 g/mol. The summed E-state index contributed by atoms with van der Waals surface area (Å²) in [5, 5.41) is 11.4. The Bertz CT molecular complexity index is 992. The number of nitrogens with zero attached hydrogens (tertiary/aromatic N) is 4. The fraction of sp³-hybridized carbons (Fsp3) is 0.238. The van der Waals surface area contributed by atoms with Gasteiger partial charge in [-0.1, -0.05) is 11.6 Å². The third-order valence-corrected chi connectivity index (χ3v) is 5.27. The number of halogens is 2. The molecule has 0 bridgehead atoms. The van der Waals surface area contributed by atoms with Crippen molar-refractivity contribution in [3.8, 4) is 11.3 Å². The number of rotatable bonds is 4. The molecule has 1 N–H and O–H groups in total. The number of benzene rings is 1. The summed E-state index contributed by atoms with van der Waals surface area (Å²) < 4.78 is 13.3. The van der Waals surface area contributed by atoms with Gasteiger partial charge in [-0.25, -0.2) is 4.39 Å². The molecule has 0 saturated carbocycles. The van der Waals surface area contributed by atoms with Crippen molar-refractivity contribution in [3.63, 3.8) is 0 Å². The number of amides is 1. The van der Waals surface area contributed by atoms with Crippen LogP contribution in [0, 0.1) is 11.7 Å². The van der Waals surface area contributed by atoms with Crippen LogP contribution in [-0.4, -0.2) is 34.2 Å². The molecule has 3 heterocycles. The van der Waals surface area contributed by atoms with Gasteiger partial charge in [0.25, 0.3) is 0 Å². The van der Waals surface area contributed by atoms with Gasteiger partial charge in [-0.2, -0.15) is 0 Å². The maximum absolute atomic E-state index is 13.3. The van der Waals surface area contributed by atoms with Crippen LogP contribution >= 0.6 is 11.6 Å². The fourth-order valence-electron chi connectivity index (χ4n) is 3.35. The lowest BCUT2D eigenvalue weighted by atomic mass is 9.96. The molecule has 1 aromatic carbocycles. The number of hydrogen-bond donors (Lipinski definition) is 1. The topological polar surface area (TPSA) is 71.0 Å². The van der Waals surface area contributed by atoms with E-state index >= 15 is 0 Å². The maximum Gasteiger partial charge on any atom is 0.227 e. The van der Waals surface area contributed by atoms with Crippen molar-refractivity contribution in [2.75, 3.05) is 23.3 Å². The molecule has 0 radical (unpaired) electrons. The van der Waals surface area contributed by atoms with Crippen molar-refractivity contribution in [2.45, 2.75) is 12.8 Å². The van der Waals surface area contributed by atoms with Crippen molar-refractivity contribution in [3.05, 3.63) is 65.7 Å². The first-order chi connectivity index (χ1) is 14.1. The molecule has 0 unspecified atom stereocenters. The summed E-state index contributed by atoms with van der Waals surface area (Å²) in [6.45, 7) is 1.42. The molecule has 1 amide bonds. The number of piperidine rings is 1. The Labute approximate surface area is 172 Å². The van der Waals surface area contributed by atoms with Gasteiger partial charge in [0.15, 0.2) is 5.82 Å². The monoisotopic (exact) mass is 411 g/mol. The summed E-state index contributed by atoms with van der Waals surface area (Å²) in [4.78, 5) is 18.7. The standard InChI is InChI=1S/C21H19ClFN5O/c22-17-12-16(3-4-18(17)23)25-21(29)14-7-10-28(11-8-14)20-6-5-19(26-27-20)15-2-1-9-24-13-15/h1-6,9,12-14H,7-8,10-11H2,(H,25,29). The quantitative estimate of drug-likeness (QED) is 0.697. The van der Waals surface area contributed by atoms with E-state index in [2.05, 4.69) is 25.4 Å². The molecule has 2 aromatic heterocycles. The second-order valence-electron chi connectivity index (χ2n) is 6.90. The highest BCUT2D eigenvalue weighted by molar-refractivity contribution is 6.31. The van der Waals surface area contributed by atoms with E-state index in [1.807, 2.05) is 24.3 Å². The lowest BCUT2D eigenvalue weighted by Gasteiger charge is -2.31. The van der Waals surface area contributed by atoms with Gasteiger partial charge in [-0.15, -0.1) is 10.2 Å². The van der Waals surface area contributed by atoms with E-state index in [0.717, 1.165) is 17.1 Å². The molecule has 1 saturated heterocycles. The Hall–Kier alpha value is -3.06. The highest BCUT2D eigenvalue weighted by Crippen LogP contribution is 2.25. The number of carbonyl (C=O) groups excluding carboxylic acids is 1. The molecule has 0 atom stereocenters. The number of aromatic nitrogens is 3. The number of nitrogens with one attached hydrogen (secondary N) is 1. The Morgan fingerprint density at radius 3 is 2.62 bits per heavy atom. The molecule has 8 heteroatoms. The second kappa shape index (κ2) is 8.53. The predicted octanol–water partition coefficient (Wildman–Crippen LogP) is 4.19. The van der Waals surface area contributed by atoms with E-state index in [1.54, 1.807) is 12.4 Å². The molecule has 0 spiro atoms. The number of carbonyl (C=O) groups is 1. The van der Waals surface area contributed by atoms with Crippen LogP contribution < -0.4 is 10.2 Å². The van der Waals surface area contributed by atoms with Crippen molar-refractivity contribution in [1.82, 2.24) is 15.2 Å². The Morgan fingerprint density at radius 2 is 1.97 bits per heavy atom. The number of hydrogen-bond acceptors (Lipinski definition) is 5. The molecule has 1 aliphatic heterocycles. The third-order valence-electron chi connectivity index (χ3n) is 4.98. The number of anilines is 2. The van der Waals surface area contributed by atoms with Crippen molar-refractivity contribution < 1.29 is 9.18 Å². The molecular weight excluding hydrogens is 393 g/mol. The summed E-state index contributed by atoms with van der Waals surface area (Å²) in [6.07, 6.45) is 4.87. The molecular formula is C21H19ClFN5O. The minimum absolute atomic E-state index is 0.00840. The first-order valence-corrected chi connectivity index (χ1v) is 9.73. The fourth-order valence-corrected chi connectivity index (χ4v) is 3.53. The summed E-state index contributed by atoms with van der Waals surface area (Å²) in [5.74, 6) is 0.0958. The second-order valence-corrected chi connectivity index (χ2v) is 7.31. The van der Waals surface area contributed by atoms with Gasteiger partial charge in [0.1, 0.15) is 5.82 Å². The zero-order valence-electron chi connectivity index (χ0n) is 15.6. The van der Waals surface area contributed by atoms with Crippen LogP contribution in [0.1, 0.15) is 12.8 Å². The van der Waals surface area contributed by atoms with Crippen LogP contribution in [-0.2, 0) is 4.79 Å². The summed E-state index contributed by atoms with van der Waals surface area (Å²) in [5.41, 5.74) is 2.19. The molecule has 3 aromatic rings. The van der Waals surface area contributed by atoms with E-state index in [9.17, 15) is 9.18 Å². The van der Waals surface area contributed by atoms with E-state index in [-0.39, 0.29) is 16.8 Å². The van der Waals surface area contributed by atoms with E-state index in [1.165, 1.54) is 18.2 Å². The molecule has 1 fully saturated rings. The maximum atomic E-state index is 13.3. The molecule has 6 nitrogen and oxygen atoms in total. The van der Waals surface area contributed by atoms with Gasteiger partial charge in [0.2, 0.25) is 5.91 Å². The zero-order valence-corrected chi connectivity index (χ0v) is 16.3. The number of pyridine rings is 1. The highest BCUT2D eigenvalue weighted by Gasteiger charge is 2.26. The minimum Gasteiger partial charge on any atom is -0.355 e. The minimum atomic E-state index is -0.506. The highest BCUT2D eigenvalue weighted by atomic mass is 35.5. The third kappa shape index (κ3) is 4.51. The molecule has 29 heavy (non-hydrogen) atoms. The van der Waals surface area contributed by atoms with Crippen LogP contribution in [0.2, 0.25) is 5.02 Å². The van der Waals surface area contributed by atoms with Crippen molar-refractivity contribution >= 4 is 29.0 Å². The predicted molar refractivity (Wildman–Crippen MR) is 110 cm³/mol. The van der Waals surface area contributed by atoms with Crippen LogP contribution in [0.4, 0.5) is 15.9 Å². The van der Waals surface area contributed by atoms with Crippen LogP contribution in [0.15, 0.2) is 54.9 Å². The molecule has 148 valence electrons. The van der Waals surface area contributed by atoms with Crippen LogP contribution in [0.5, 0.6) is 0 Å². The lowest BCUT2D eigenvalue weighted by Crippen LogP contribution is -2.38. The Balaban J connectivity index is 1.34. The first-order valence-electron chi connectivity index (χ1n) is 9.35. The van der Waals surface area contributed by atoms with Gasteiger partial charge in [0.05, 0.1) is 10.7 Å². The Morgan fingerprint density at radius 1 is 1.14 bits per heavy atom. The average Bonchev–Trinajstić information content (AvgIpc) is 2.77. The van der Waals surface area contributed by atoms with Crippen LogP contribution in [0.25, 0.3) is 11.3 Å². The summed E-state index contributed by atoms with van der Waals surface area (Å²) >= 11 is 5.77. The van der Waals surface area contributed by atoms with Crippen molar-refractivity contribution in [2.24, 2.45) is 5.92 Å². The SMILES string of the molecule is O=C(Nc1ccc(F)c(Cl)c1)C1CCN(c2ccc(-c3cccnc3)nn2)CC1. The van der Waals surface area contributed by atoms with Gasteiger partial charge < -0.3 is 10.2 Å². The lowest BCUT2D eigenvalue weighted by molar-refractivity contribution is -0.120. The Kier molecular flexibility index (Phi) is 5.67. The van der Waals surface area contributed by atoms with Crippen molar-refractivity contribution in [1.29, 1.82) is 0 Å². The molecule has 1 aliphatic rings. The van der Waals surface area contributed by atoms with E-state index < -0.39 is 5.82 Å².